The Morgan fingerprint density at radius 3 is 2.62 bits per heavy atom. The fourth-order valence-corrected chi connectivity index (χ4v) is 2.51. The van der Waals surface area contributed by atoms with E-state index in [1.54, 1.807) is 36.4 Å². The Morgan fingerprint density at radius 2 is 2.00 bits per heavy atom. The molecule has 0 aliphatic carbocycles. The summed E-state index contributed by atoms with van der Waals surface area (Å²) < 4.78 is 28.2. The fraction of sp³-hybridized carbons (Fsp3) is 0.0714. The Hall–Kier alpha value is -1.74. The van der Waals surface area contributed by atoms with E-state index in [1.807, 2.05) is 0 Å². The zero-order chi connectivity index (χ0) is 15.6. The molecule has 0 unspecified atom stereocenters. The van der Waals surface area contributed by atoms with Gasteiger partial charge in [0.2, 0.25) is 0 Å². The molecule has 0 fully saturated rings. The molecule has 1 aromatic carbocycles. The standard InChI is InChI=1S/C14H9Cl2NO3S/c1-21(18,19)10(8-17)7-9-5-6-13(20-9)11-3-2-4-12(15)14(11)16/h2-7H,1H3/b10-7+. The van der Waals surface area contributed by atoms with E-state index in [-0.39, 0.29) is 10.7 Å². The van der Waals surface area contributed by atoms with Gasteiger partial charge in [0.1, 0.15) is 22.5 Å². The number of nitrogens with zero attached hydrogens (tertiary/aromatic N) is 1. The third-order valence-corrected chi connectivity index (χ3v) is 4.45. The maximum Gasteiger partial charge on any atom is 0.185 e. The van der Waals surface area contributed by atoms with Crippen molar-refractivity contribution < 1.29 is 12.8 Å². The van der Waals surface area contributed by atoms with Gasteiger partial charge in [0.15, 0.2) is 9.84 Å². The lowest BCUT2D eigenvalue weighted by Crippen LogP contribution is -1.97. The highest BCUT2D eigenvalue weighted by atomic mass is 35.5. The zero-order valence-electron chi connectivity index (χ0n) is 10.8. The molecule has 0 amide bonds. The molecule has 7 heteroatoms. The number of furan rings is 1. The molecule has 1 heterocycles. The minimum atomic E-state index is -3.59. The largest absolute Gasteiger partial charge is 0.457 e. The number of sulfone groups is 1. The van der Waals surface area contributed by atoms with Crippen LogP contribution >= 0.6 is 23.2 Å². The van der Waals surface area contributed by atoms with Crippen LogP contribution in [0.5, 0.6) is 0 Å². The van der Waals surface area contributed by atoms with Crippen molar-refractivity contribution in [1.29, 1.82) is 5.26 Å². The summed E-state index contributed by atoms with van der Waals surface area (Å²) in [5, 5.41) is 9.58. The second-order valence-corrected chi connectivity index (χ2v) is 6.97. The molecular weight excluding hydrogens is 333 g/mol. The molecule has 2 aromatic rings. The van der Waals surface area contributed by atoms with Gasteiger partial charge in [-0.15, -0.1) is 0 Å². The van der Waals surface area contributed by atoms with Crippen LogP contribution < -0.4 is 0 Å². The average molecular weight is 342 g/mol. The first-order valence-electron chi connectivity index (χ1n) is 5.69. The highest BCUT2D eigenvalue weighted by Crippen LogP contribution is 2.34. The van der Waals surface area contributed by atoms with E-state index in [0.717, 1.165) is 12.3 Å². The minimum absolute atomic E-state index is 0.239. The van der Waals surface area contributed by atoms with Gasteiger partial charge < -0.3 is 4.42 Å². The summed E-state index contributed by atoms with van der Waals surface area (Å²) >= 11 is 12.0. The number of rotatable bonds is 3. The molecule has 0 spiro atoms. The highest BCUT2D eigenvalue weighted by molar-refractivity contribution is 7.95. The molecule has 0 bridgehead atoms. The van der Waals surface area contributed by atoms with E-state index in [9.17, 15) is 8.42 Å². The summed E-state index contributed by atoms with van der Waals surface area (Å²) in [6.07, 6.45) is 2.12. The van der Waals surface area contributed by atoms with Crippen molar-refractivity contribution in [3.8, 4) is 17.4 Å². The number of hydrogen-bond donors (Lipinski definition) is 0. The Balaban J connectivity index is 2.46. The summed E-state index contributed by atoms with van der Waals surface area (Å²) in [4.78, 5) is -0.374. The van der Waals surface area contributed by atoms with Crippen molar-refractivity contribution in [2.24, 2.45) is 0 Å². The van der Waals surface area contributed by atoms with Gasteiger partial charge >= 0.3 is 0 Å². The van der Waals surface area contributed by atoms with Gasteiger partial charge in [-0.1, -0.05) is 29.3 Å². The number of allylic oxidation sites excluding steroid dienone is 1. The van der Waals surface area contributed by atoms with Crippen molar-refractivity contribution in [2.75, 3.05) is 6.26 Å². The predicted molar refractivity (Wildman–Crippen MR) is 82.6 cm³/mol. The summed E-state index contributed by atoms with van der Waals surface area (Å²) in [5.41, 5.74) is 0.585. The van der Waals surface area contributed by atoms with Gasteiger partial charge in [0.25, 0.3) is 0 Å². The van der Waals surface area contributed by atoms with Gasteiger partial charge in [0.05, 0.1) is 10.0 Å². The molecule has 0 N–H and O–H groups in total. The average Bonchev–Trinajstić information content (AvgIpc) is 2.86. The monoisotopic (exact) mass is 341 g/mol. The van der Waals surface area contributed by atoms with Crippen LogP contribution in [0, 0.1) is 11.3 Å². The molecule has 1 aromatic heterocycles. The van der Waals surface area contributed by atoms with Crippen molar-refractivity contribution >= 4 is 39.1 Å². The van der Waals surface area contributed by atoms with Crippen molar-refractivity contribution in [3.05, 3.63) is 51.0 Å². The second-order valence-electron chi connectivity index (χ2n) is 4.20. The predicted octanol–water partition coefficient (Wildman–Crippen LogP) is 4.16. The van der Waals surface area contributed by atoms with Crippen LogP contribution in [-0.4, -0.2) is 14.7 Å². The molecule has 4 nitrogen and oxygen atoms in total. The molecular formula is C14H9Cl2NO3S. The molecule has 2 rings (SSSR count). The van der Waals surface area contributed by atoms with E-state index in [4.69, 9.17) is 32.9 Å². The van der Waals surface area contributed by atoms with Crippen molar-refractivity contribution in [3.63, 3.8) is 0 Å². The van der Waals surface area contributed by atoms with Crippen LogP contribution in [0.1, 0.15) is 5.76 Å². The molecule has 0 aliphatic heterocycles. The topological polar surface area (TPSA) is 71.1 Å². The molecule has 0 radical (unpaired) electrons. The first-order chi connectivity index (χ1) is 9.82. The van der Waals surface area contributed by atoms with E-state index in [1.165, 1.54) is 0 Å². The van der Waals surface area contributed by atoms with E-state index in [2.05, 4.69) is 0 Å². The van der Waals surface area contributed by atoms with Gasteiger partial charge in [-0.3, -0.25) is 0 Å². The Labute approximate surface area is 132 Å². The SMILES string of the molecule is CS(=O)(=O)/C(C#N)=C/c1ccc(-c2cccc(Cl)c2Cl)o1. The van der Waals surface area contributed by atoms with Crippen LogP contribution in [0.15, 0.2) is 39.7 Å². The van der Waals surface area contributed by atoms with Crippen LogP contribution in [0.3, 0.4) is 0 Å². The molecule has 21 heavy (non-hydrogen) atoms. The quantitative estimate of drug-likeness (QED) is 0.785. The number of halogens is 2. The van der Waals surface area contributed by atoms with E-state index < -0.39 is 9.84 Å². The maximum absolute atomic E-state index is 11.4. The first-order valence-corrected chi connectivity index (χ1v) is 8.33. The summed E-state index contributed by atoms with van der Waals surface area (Å²) in [6.45, 7) is 0. The molecule has 0 atom stereocenters. The summed E-state index contributed by atoms with van der Waals surface area (Å²) in [5.74, 6) is 0.669. The zero-order valence-corrected chi connectivity index (χ0v) is 13.1. The lowest BCUT2D eigenvalue weighted by Gasteiger charge is -2.02. The Kier molecular flexibility index (Phi) is 4.43. The minimum Gasteiger partial charge on any atom is -0.457 e. The third-order valence-electron chi connectivity index (χ3n) is 2.63. The van der Waals surface area contributed by atoms with Crippen LogP contribution in [-0.2, 0) is 9.84 Å². The summed E-state index contributed by atoms with van der Waals surface area (Å²) in [6, 6.07) is 9.90. The highest BCUT2D eigenvalue weighted by Gasteiger charge is 2.14. The Bertz CT molecular complexity index is 861. The molecule has 108 valence electrons. The van der Waals surface area contributed by atoms with Gasteiger partial charge in [0, 0.05) is 17.9 Å². The first kappa shape index (κ1) is 15.6. The molecule has 0 aliphatic rings. The van der Waals surface area contributed by atoms with Crippen LogP contribution in [0.2, 0.25) is 10.0 Å². The van der Waals surface area contributed by atoms with E-state index in [0.29, 0.717) is 21.4 Å². The smallest absolute Gasteiger partial charge is 0.185 e. The second kappa shape index (κ2) is 5.94. The maximum atomic E-state index is 11.4. The van der Waals surface area contributed by atoms with Crippen LogP contribution in [0.4, 0.5) is 0 Å². The fourth-order valence-electron chi connectivity index (χ4n) is 1.62. The normalized spacial score (nSPS) is 12.2. The third kappa shape index (κ3) is 3.48. The van der Waals surface area contributed by atoms with E-state index >= 15 is 0 Å². The Morgan fingerprint density at radius 1 is 1.29 bits per heavy atom. The van der Waals surface area contributed by atoms with Crippen LogP contribution in [0.25, 0.3) is 17.4 Å². The number of nitriles is 1. The van der Waals surface area contributed by atoms with Crippen molar-refractivity contribution in [2.45, 2.75) is 0 Å². The lowest BCUT2D eigenvalue weighted by molar-refractivity contribution is 0.571. The number of benzene rings is 1. The molecule has 0 saturated heterocycles. The van der Waals surface area contributed by atoms with Gasteiger partial charge in [-0.25, -0.2) is 8.42 Å². The summed E-state index contributed by atoms with van der Waals surface area (Å²) in [7, 11) is -3.59. The lowest BCUT2D eigenvalue weighted by atomic mass is 10.2. The number of hydrogen-bond acceptors (Lipinski definition) is 4. The van der Waals surface area contributed by atoms with Crippen molar-refractivity contribution in [1.82, 2.24) is 0 Å². The van der Waals surface area contributed by atoms with Gasteiger partial charge in [-0.2, -0.15) is 5.26 Å². The van der Waals surface area contributed by atoms with Gasteiger partial charge in [-0.05, 0) is 24.3 Å². The molecule has 0 saturated carbocycles.